The number of hydrogen-bond donors (Lipinski definition) is 1. The number of hydrogen-bond acceptors (Lipinski definition) is 2. The molecule has 4 heteroatoms. The largest absolute Gasteiger partial charge is 0.322 e. The van der Waals surface area contributed by atoms with Crippen LogP contribution in [0.1, 0.15) is 15.9 Å². The van der Waals surface area contributed by atoms with Crippen molar-refractivity contribution in [2.45, 2.75) is 0 Å². The van der Waals surface area contributed by atoms with Crippen molar-refractivity contribution >= 4 is 23.2 Å². The van der Waals surface area contributed by atoms with E-state index >= 15 is 0 Å². The molecule has 3 aromatic carbocycles. The number of nitrogens with one attached hydrogen (secondary N) is 1. The second-order valence-corrected chi connectivity index (χ2v) is 5.60. The molecule has 1 N–H and O–H groups in total. The van der Waals surface area contributed by atoms with Crippen molar-refractivity contribution in [1.82, 2.24) is 0 Å². The Morgan fingerprint density at radius 2 is 1.50 bits per heavy atom. The lowest BCUT2D eigenvalue weighted by Crippen LogP contribution is -2.13. The molecule has 3 nitrogen and oxygen atoms in total. The van der Waals surface area contributed by atoms with Crippen LogP contribution in [-0.2, 0) is 0 Å². The maximum atomic E-state index is 12.7. The normalized spacial score (nSPS) is 10.0. The average Bonchev–Trinajstić information content (AvgIpc) is 2.63. The summed E-state index contributed by atoms with van der Waals surface area (Å²) >= 11 is 5.86. The second-order valence-electron chi connectivity index (χ2n) is 5.16. The van der Waals surface area contributed by atoms with E-state index in [4.69, 9.17) is 11.6 Å². The zero-order valence-corrected chi connectivity index (χ0v) is 13.4. The van der Waals surface area contributed by atoms with Crippen molar-refractivity contribution in [2.75, 3.05) is 5.32 Å². The second kappa shape index (κ2) is 6.99. The minimum absolute atomic E-state index is 0.235. The molecule has 0 aromatic heterocycles. The molecular weight excluding hydrogens is 320 g/mol. The minimum Gasteiger partial charge on any atom is -0.322 e. The van der Waals surface area contributed by atoms with E-state index in [9.17, 15) is 10.1 Å². The Bertz CT molecular complexity index is 927. The molecule has 0 unspecified atom stereocenters. The Kier molecular flexibility index (Phi) is 4.60. The lowest BCUT2D eigenvalue weighted by molar-refractivity contribution is 0.102. The molecular formula is C20H13ClN2O. The zero-order chi connectivity index (χ0) is 16.9. The van der Waals surface area contributed by atoms with Crippen LogP contribution in [0.25, 0.3) is 11.1 Å². The van der Waals surface area contributed by atoms with Crippen LogP contribution in [0.4, 0.5) is 5.69 Å². The van der Waals surface area contributed by atoms with E-state index in [-0.39, 0.29) is 5.91 Å². The van der Waals surface area contributed by atoms with Gasteiger partial charge in [-0.1, -0.05) is 48.0 Å². The van der Waals surface area contributed by atoms with Crippen molar-refractivity contribution in [2.24, 2.45) is 0 Å². The molecule has 3 rings (SSSR count). The number of benzene rings is 3. The van der Waals surface area contributed by atoms with Gasteiger partial charge in [-0.2, -0.15) is 5.26 Å². The average molecular weight is 333 g/mol. The molecule has 0 radical (unpaired) electrons. The van der Waals surface area contributed by atoms with Gasteiger partial charge in [0.2, 0.25) is 0 Å². The Hall–Kier alpha value is -3.09. The van der Waals surface area contributed by atoms with Gasteiger partial charge in [-0.15, -0.1) is 0 Å². The molecule has 116 valence electrons. The molecule has 0 heterocycles. The highest BCUT2D eigenvalue weighted by atomic mass is 35.5. The Balaban J connectivity index is 1.99. The molecule has 1 amide bonds. The van der Waals surface area contributed by atoms with E-state index in [1.807, 2.05) is 24.3 Å². The highest BCUT2D eigenvalue weighted by Gasteiger charge is 2.14. The molecule has 24 heavy (non-hydrogen) atoms. The van der Waals surface area contributed by atoms with Crippen molar-refractivity contribution < 1.29 is 4.79 Å². The summed E-state index contributed by atoms with van der Waals surface area (Å²) in [6, 6.07) is 23.6. The number of halogens is 1. The van der Waals surface area contributed by atoms with Crippen LogP contribution in [0.3, 0.4) is 0 Å². The summed E-state index contributed by atoms with van der Waals surface area (Å²) in [7, 11) is 0. The van der Waals surface area contributed by atoms with Gasteiger partial charge in [0.15, 0.2) is 0 Å². The van der Waals surface area contributed by atoms with Gasteiger partial charge < -0.3 is 5.32 Å². The monoisotopic (exact) mass is 332 g/mol. The van der Waals surface area contributed by atoms with E-state index in [1.165, 1.54) is 0 Å². The molecule has 0 aliphatic heterocycles. The predicted octanol–water partition coefficient (Wildman–Crippen LogP) is 5.13. The van der Waals surface area contributed by atoms with Gasteiger partial charge in [-0.25, -0.2) is 0 Å². The number of rotatable bonds is 3. The maximum Gasteiger partial charge on any atom is 0.256 e. The van der Waals surface area contributed by atoms with E-state index in [2.05, 4.69) is 11.4 Å². The molecule has 0 fully saturated rings. The Morgan fingerprint density at radius 1 is 0.875 bits per heavy atom. The predicted molar refractivity (Wildman–Crippen MR) is 96.0 cm³/mol. The fraction of sp³-hybridized carbons (Fsp3) is 0. The lowest BCUT2D eigenvalue weighted by atomic mass is 9.95. The maximum absolute atomic E-state index is 12.7. The topological polar surface area (TPSA) is 52.9 Å². The van der Waals surface area contributed by atoms with Gasteiger partial charge in [0, 0.05) is 21.8 Å². The van der Waals surface area contributed by atoms with Crippen LogP contribution in [-0.4, -0.2) is 5.91 Å². The van der Waals surface area contributed by atoms with Gasteiger partial charge in [-0.05, 0) is 42.0 Å². The van der Waals surface area contributed by atoms with Crippen molar-refractivity contribution in [1.29, 1.82) is 5.26 Å². The van der Waals surface area contributed by atoms with Crippen molar-refractivity contribution in [3.05, 3.63) is 88.9 Å². The lowest BCUT2D eigenvalue weighted by Gasteiger charge is -2.11. The third-order valence-electron chi connectivity index (χ3n) is 3.61. The van der Waals surface area contributed by atoms with E-state index in [1.54, 1.807) is 48.5 Å². The number of carbonyl (C=O) groups is 1. The van der Waals surface area contributed by atoms with Gasteiger partial charge in [0.05, 0.1) is 11.6 Å². The smallest absolute Gasteiger partial charge is 0.256 e. The number of carbonyl (C=O) groups excluding carboxylic acids is 1. The summed E-state index contributed by atoms with van der Waals surface area (Å²) in [6.07, 6.45) is 0. The number of amides is 1. The zero-order valence-electron chi connectivity index (χ0n) is 12.7. The molecule has 3 aromatic rings. The molecule has 0 saturated heterocycles. The number of anilines is 1. The minimum atomic E-state index is -0.235. The van der Waals surface area contributed by atoms with Gasteiger partial charge in [-0.3, -0.25) is 4.79 Å². The van der Waals surface area contributed by atoms with E-state index in [0.717, 1.165) is 11.1 Å². The van der Waals surface area contributed by atoms with E-state index < -0.39 is 0 Å². The van der Waals surface area contributed by atoms with Crippen LogP contribution in [0.5, 0.6) is 0 Å². The van der Waals surface area contributed by atoms with Gasteiger partial charge >= 0.3 is 0 Å². The number of nitriles is 1. The highest BCUT2D eigenvalue weighted by Crippen LogP contribution is 2.27. The first-order chi connectivity index (χ1) is 11.7. The molecule has 0 spiro atoms. The summed E-state index contributed by atoms with van der Waals surface area (Å²) in [4.78, 5) is 12.7. The van der Waals surface area contributed by atoms with Crippen LogP contribution in [0.15, 0.2) is 72.8 Å². The third kappa shape index (κ3) is 3.29. The standard InChI is InChI=1S/C20H13ClN2O/c21-15-9-11-16(12-10-15)23-20(24)19-8-4-3-7-18(19)17-6-2-1-5-14(17)13-22/h1-12H,(H,23,24). The van der Waals surface area contributed by atoms with Crippen molar-refractivity contribution in [3.63, 3.8) is 0 Å². The van der Waals surface area contributed by atoms with Gasteiger partial charge in [0.25, 0.3) is 5.91 Å². The fourth-order valence-electron chi connectivity index (χ4n) is 2.46. The number of nitrogens with zero attached hydrogens (tertiary/aromatic N) is 1. The summed E-state index contributed by atoms with van der Waals surface area (Å²) in [5.74, 6) is -0.235. The van der Waals surface area contributed by atoms with E-state index in [0.29, 0.717) is 21.8 Å². The van der Waals surface area contributed by atoms with Gasteiger partial charge in [0.1, 0.15) is 0 Å². The molecule has 0 aliphatic carbocycles. The quantitative estimate of drug-likeness (QED) is 0.722. The summed E-state index contributed by atoms with van der Waals surface area (Å²) < 4.78 is 0. The first kappa shape index (κ1) is 15.8. The SMILES string of the molecule is N#Cc1ccccc1-c1ccccc1C(=O)Nc1ccc(Cl)cc1. The summed E-state index contributed by atoms with van der Waals surface area (Å²) in [6.45, 7) is 0. The Morgan fingerprint density at radius 3 is 2.21 bits per heavy atom. The third-order valence-corrected chi connectivity index (χ3v) is 3.86. The highest BCUT2D eigenvalue weighted by molar-refractivity contribution is 6.30. The first-order valence-corrected chi connectivity index (χ1v) is 7.72. The molecule has 0 bridgehead atoms. The molecule has 0 aliphatic rings. The first-order valence-electron chi connectivity index (χ1n) is 7.34. The van der Waals surface area contributed by atoms with Crippen LogP contribution < -0.4 is 5.32 Å². The van der Waals surface area contributed by atoms with Crippen LogP contribution >= 0.6 is 11.6 Å². The van der Waals surface area contributed by atoms with Crippen molar-refractivity contribution in [3.8, 4) is 17.2 Å². The van der Waals surface area contributed by atoms with Crippen LogP contribution in [0.2, 0.25) is 5.02 Å². The summed E-state index contributed by atoms with van der Waals surface area (Å²) in [5.41, 5.74) is 3.16. The molecule has 0 saturated carbocycles. The summed E-state index contributed by atoms with van der Waals surface area (Å²) in [5, 5.41) is 12.8. The Labute approximate surface area is 145 Å². The molecule has 0 atom stereocenters. The fourth-order valence-corrected chi connectivity index (χ4v) is 2.59. The van der Waals surface area contributed by atoms with Crippen LogP contribution in [0, 0.1) is 11.3 Å².